The quantitative estimate of drug-likeness (QED) is 0.358. The Bertz CT molecular complexity index is 1610. The standard InChI is InChI=1S/C27H30N8O2/c1-16(2)25-26-22(33(4)27(32-26)34-8-10-37-11-9-34)13-24(31-25)35-21-12-20(30-17(3)18(21)15-29-35)19-14-28-7-6-23(19)36-5/h6-7,12-16H,8-11H2,1-5H3. The Morgan fingerprint density at radius 1 is 1.03 bits per heavy atom. The van der Waals surface area contributed by atoms with Gasteiger partial charge >= 0.3 is 0 Å². The van der Waals surface area contributed by atoms with Gasteiger partial charge in [-0.25, -0.2) is 14.6 Å². The molecule has 0 amide bonds. The number of anilines is 1. The number of aromatic nitrogens is 7. The Kier molecular flexibility index (Phi) is 5.75. The first-order valence-electron chi connectivity index (χ1n) is 12.5. The number of imidazole rings is 1. The second-order valence-corrected chi connectivity index (χ2v) is 9.62. The zero-order valence-electron chi connectivity index (χ0n) is 21.8. The fourth-order valence-corrected chi connectivity index (χ4v) is 4.99. The number of hydrogen-bond acceptors (Lipinski definition) is 8. The van der Waals surface area contributed by atoms with Crippen LogP contribution in [-0.2, 0) is 11.8 Å². The molecule has 0 aliphatic carbocycles. The van der Waals surface area contributed by atoms with Crippen molar-refractivity contribution in [2.45, 2.75) is 26.7 Å². The van der Waals surface area contributed by atoms with E-state index in [2.05, 4.69) is 41.4 Å². The van der Waals surface area contributed by atoms with Gasteiger partial charge in [-0.15, -0.1) is 0 Å². The number of nitrogens with zero attached hydrogens (tertiary/aromatic N) is 8. The van der Waals surface area contributed by atoms with E-state index in [1.807, 2.05) is 29.9 Å². The molecular formula is C27H30N8O2. The van der Waals surface area contributed by atoms with Crippen LogP contribution in [0.25, 0.3) is 39.0 Å². The van der Waals surface area contributed by atoms with Crippen molar-refractivity contribution in [3.8, 4) is 22.8 Å². The van der Waals surface area contributed by atoms with Crippen molar-refractivity contribution < 1.29 is 9.47 Å². The van der Waals surface area contributed by atoms with Gasteiger partial charge in [0.25, 0.3) is 0 Å². The van der Waals surface area contributed by atoms with Gasteiger partial charge in [0.2, 0.25) is 5.95 Å². The number of ether oxygens (including phenoxy) is 2. The van der Waals surface area contributed by atoms with Crippen LogP contribution >= 0.6 is 0 Å². The average Bonchev–Trinajstić information content (AvgIpc) is 3.50. The van der Waals surface area contributed by atoms with Crippen LogP contribution in [0.4, 0.5) is 5.95 Å². The molecule has 1 saturated heterocycles. The van der Waals surface area contributed by atoms with E-state index in [0.717, 1.165) is 75.2 Å². The molecule has 0 saturated carbocycles. The lowest BCUT2D eigenvalue weighted by atomic mass is 10.1. The topological polar surface area (TPSA) is 96.0 Å². The molecule has 10 nitrogen and oxygen atoms in total. The summed E-state index contributed by atoms with van der Waals surface area (Å²) in [4.78, 5) is 21.5. The maximum Gasteiger partial charge on any atom is 0.206 e. The zero-order chi connectivity index (χ0) is 25.7. The molecule has 190 valence electrons. The number of aryl methyl sites for hydroxylation is 2. The van der Waals surface area contributed by atoms with E-state index in [4.69, 9.17) is 29.5 Å². The highest BCUT2D eigenvalue weighted by Crippen LogP contribution is 2.33. The molecule has 5 aromatic rings. The predicted octanol–water partition coefficient (Wildman–Crippen LogP) is 4.04. The average molecular weight is 499 g/mol. The van der Waals surface area contributed by atoms with E-state index in [1.54, 1.807) is 19.5 Å². The summed E-state index contributed by atoms with van der Waals surface area (Å²) in [5, 5.41) is 5.72. The van der Waals surface area contributed by atoms with Crippen molar-refractivity contribution in [2.75, 3.05) is 38.3 Å². The fraction of sp³-hybridized carbons (Fsp3) is 0.370. The molecule has 37 heavy (non-hydrogen) atoms. The number of rotatable bonds is 5. The van der Waals surface area contributed by atoms with Crippen LogP contribution in [0.15, 0.2) is 36.8 Å². The van der Waals surface area contributed by atoms with Crippen LogP contribution in [0.5, 0.6) is 5.75 Å². The number of morpholine rings is 1. The lowest BCUT2D eigenvalue weighted by Crippen LogP contribution is -2.37. The summed E-state index contributed by atoms with van der Waals surface area (Å²) in [6.07, 6.45) is 5.34. The number of methoxy groups -OCH3 is 1. The largest absolute Gasteiger partial charge is 0.496 e. The first kappa shape index (κ1) is 23.4. The highest BCUT2D eigenvalue weighted by atomic mass is 16.5. The Hall–Kier alpha value is -4.05. The smallest absolute Gasteiger partial charge is 0.206 e. The van der Waals surface area contributed by atoms with E-state index in [1.165, 1.54) is 0 Å². The van der Waals surface area contributed by atoms with Gasteiger partial charge in [-0.05, 0) is 25.0 Å². The van der Waals surface area contributed by atoms with Gasteiger partial charge in [0, 0.05) is 49.7 Å². The Morgan fingerprint density at radius 2 is 1.84 bits per heavy atom. The van der Waals surface area contributed by atoms with Gasteiger partial charge in [0.15, 0.2) is 5.82 Å². The van der Waals surface area contributed by atoms with E-state index in [0.29, 0.717) is 13.2 Å². The minimum absolute atomic E-state index is 0.190. The molecule has 1 fully saturated rings. The molecule has 0 atom stereocenters. The molecule has 1 aliphatic heterocycles. The van der Waals surface area contributed by atoms with E-state index in [-0.39, 0.29) is 5.92 Å². The summed E-state index contributed by atoms with van der Waals surface area (Å²) in [7, 11) is 3.72. The molecule has 10 heteroatoms. The van der Waals surface area contributed by atoms with Crippen LogP contribution in [0.2, 0.25) is 0 Å². The third kappa shape index (κ3) is 3.88. The molecule has 1 aliphatic rings. The SMILES string of the molecule is COc1ccncc1-c1cc2c(cnn2-c2cc3c(nc(N4CCOCC4)n3C)c(C(C)C)n2)c(C)n1. The molecule has 0 bridgehead atoms. The van der Waals surface area contributed by atoms with E-state index >= 15 is 0 Å². The van der Waals surface area contributed by atoms with Crippen LogP contribution in [0, 0.1) is 6.92 Å². The summed E-state index contributed by atoms with van der Waals surface area (Å²) < 4.78 is 15.2. The van der Waals surface area contributed by atoms with Crippen molar-refractivity contribution in [1.29, 1.82) is 0 Å². The maximum atomic E-state index is 5.57. The predicted molar refractivity (Wildman–Crippen MR) is 143 cm³/mol. The van der Waals surface area contributed by atoms with Gasteiger partial charge in [0.1, 0.15) is 11.3 Å². The Balaban J connectivity index is 1.54. The summed E-state index contributed by atoms with van der Waals surface area (Å²) in [6, 6.07) is 5.94. The molecule has 5 aromatic heterocycles. The molecular weight excluding hydrogens is 468 g/mol. The molecule has 0 aromatic carbocycles. The van der Waals surface area contributed by atoms with Crippen molar-refractivity contribution in [1.82, 2.24) is 34.3 Å². The van der Waals surface area contributed by atoms with Crippen molar-refractivity contribution in [3.63, 3.8) is 0 Å². The Labute approximate surface area is 214 Å². The van der Waals surface area contributed by atoms with Crippen LogP contribution in [-0.4, -0.2) is 67.7 Å². The summed E-state index contributed by atoms with van der Waals surface area (Å²) in [5.74, 6) is 2.60. The second kappa shape index (κ2) is 9.11. The molecule has 0 N–H and O–H groups in total. The van der Waals surface area contributed by atoms with Crippen molar-refractivity contribution >= 4 is 27.9 Å². The lowest BCUT2D eigenvalue weighted by molar-refractivity contribution is 0.122. The summed E-state index contributed by atoms with van der Waals surface area (Å²) >= 11 is 0. The van der Waals surface area contributed by atoms with Crippen molar-refractivity contribution in [3.05, 3.63) is 48.2 Å². The first-order valence-corrected chi connectivity index (χ1v) is 12.5. The summed E-state index contributed by atoms with van der Waals surface area (Å²) in [5.41, 5.74) is 6.31. The van der Waals surface area contributed by atoms with Gasteiger partial charge < -0.3 is 18.9 Å². The monoisotopic (exact) mass is 498 g/mol. The number of hydrogen-bond donors (Lipinski definition) is 0. The zero-order valence-corrected chi connectivity index (χ0v) is 21.8. The van der Waals surface area contributed by atoms with Crippen molar-refractivity contribution in [2.24, 2.45) is 7.05 Å². The van der Waals surface area contributed by atoms with Gasteiger partial charge in [-0.2, -0.15) is 5.10 Å². The highest BCUT2D eigenvalue weighted by Gasteiger charge is 2.23. The fourth-order valence-electron chi connectivity index (χ4n) is 4.99. The summed E-state index contributed by atoms with van der Waals surface area (Å²) in [6.45, 7) is 9.36. The van der Waals surface area contributed by atoms with Crippen LogP contribution in [0.3, 0.4) is 0 Å². The van der Waals surface area contributed by atoms with Gasteiger partial charge in [-0.1, -0.05) is 13.8 Å². The normalized spacial score (nSPS) is 14.3. The molecule has 0 radical (unpaired) electrons. The molecule has 6 rings (SSSR count). The van der Waals surface area contributed by atoms with Crippen LogP contribution < -0.4 is 9.64 Å². The minimum atomic E-state index is 0.190. The first-order chi connectivity index (χ1) is 18.0. The second-order valence-electron chi connectivity index (χ2n) is 9.62. The number of fused-ring (bicyclic) bond motifs is 2. The molecule has 0 unspecified atom stereocenters. The lowest BCUT2D eigenvalue weighted by Gasteiger charge is -2.27. The van der Waals surface area contributed by atoms with E-state index in [9.17, 15) is 0 Å². The highest BCUT2D eigenvalue weighted by molar-refractivity contribution is 5.88. The van der Waals surface area contributed by atoms with Crippen LogP contribution in [0.1, 0.15) is 31.2 Å². The van der Waals surface area contributed by atoms with Gasteiger partial charge in [-0.3, -0.25) is 9.97 Å². The number of pyridine rings is 3. The maximum absolute atomic E-state index is 5.57. The minimum Gasteiger partial charge on any atom is -0.496 e. The van der Waals surface area contributed by atoms with Gasteiger partial charge in [0.05, 0.1) is 54.5 Å². The Morgan fingerprint density at radius 3 is 2.59 bits per heavy atom. The molecule has 6 heterocycles. The van der Waals surface area contributed by atoms with E-state index < -0.39 is 0 Å². The third-order valence-electron chi connectivity index (χ3n) is 6.95. The third-order valence-corrected chi connectivity index (χ3v) is 6.95. The molecule has 0 spiro atoms.